The molecule has 0 aliphatic rings. The maximum atomic E-state index is 13.7. The highest BCUT2D eigenvalue weighted by molar-refractivity contribution is 7.89. The number of nitrogens with zero attached hydrogens (tertiary/aromatic N) is 1. The highest BCUT2D eigenvalue weighted by Gasteiger charge is 2.27. The van der Waals surface area contributed by atoms with Crippen LogP contribution in [0.4, 0.5) is 22.0 Å². The maximum absolute atomic E-state index is 13.7. The number of hydrogen-bond donors (Lipinski definition) is 1. The van der Waals surface area contributed by atoms with Crippen molar-refractivity contribution >= 4 is 15.7 Å². The van der Waals surface area contributed by atoms with Gasteiger partial charge in [0.1, 0.15) is 0 Å². The number of nitrogens with one attached hydrogen (secondary N) is 1. The number of hydrogen-bond acceptors (Lipinski definition) is 3. The summed E-state index contributed by atoms with van der Waals surface area (Å²) in [4.78, 5) is 1.50. The van der Waals surface area contributed by atoms with Crippen molar-refractivity contribution in [3.63, 3.8) is 0 Å². The first-order valence-corrected chi connectivity index (χ1v) is 8.19. The highest BCUT2D eigenvalue weighted by atomic mass is 32.2. The second kappa shape index (κ2) is 6.79. The quantitative estimate of drug-likeness (QED) is 0.292. The lowest BCUT2D eigenvalue weighted by atomic mass is 10.1. The third-order valence-corrected chi connectivity index (χ3v) is 4.46. The molecule has 0 aromatic heterocycles. The van der Waals surface area contributed by atoms with Crippen LogP contribution < -0.4 is 4.83 Å². The summed E-state index contributed by atoms with van der Waals surface area (Å²) >= 11 is 0. The number of aryl methyl sites for hydroxylation is 1. The molecule has 2 aromatic carbocycles. The molecule has 0 aliphatic heterocycles. The SMILES string of the molecule is CC(=NNS(=O)(=O)c1ccc(C)cc1)c1c(F)c(F)c(F)c(F)c1F. The van der Waals surface area contributed by atoms with Crippen LogP contribution in [0.2, 0.25) is 0 Å². The van der Waals surface area contributed by atoms with Crippen molar-refractivity contribution in [3.8, 4) is 0 Å². The molecule has 0 radical (unpaired) electrons. The Balaban J connectivity index is 2.42. The molecule has 4 nitrogen and oxygen atoms in total. The zero-order chi connectivity index (χ0) is 18.9. The third-order valence-electron chi connectivity index (χ3n) is 3.24. The summed E-state index contributed by atoms with van der Waals surface area (Å²) in [5.74, 6) is -10.8. The van der Waals surface area contributed by atoms with E-state index in [1.54, 1.807) is 11.8 Å². The Kier molecular flexibility index (Phi) is 5.12. The molecule has 2 aromatic rings. The molecule has 10 heteroatoms. The Morgan fingerprint density at radius 2 is 1.32 bits per heavy atom. The molecule has 0 saturated heterocycles. The van der Waals surface area contributed by atoms with E-state index in [1.807, 2.05) is 0 Å². The van der Waals surface area contributed by atoms with Crippen LogP contribution in [0.15, 0.2) is 34.3 Å². The van der Waals surface area contributed by atoms with Crippen LogP contribution in [0.25, 0.3) is 0 Å². The Morgan fingerprint density at radius 3 is 1.80 bits per heavy atom. The van der Waals surface area contributed by atoms with Crippen LogP contribution in [-0.2, 0) is 10.0 Å². The van der Waals surface area contributed by atoms with Crippen molar-refractivity contribution < 1.29 is 30.4 Å². The number of halogens is 5. The zero-order valence-corrected chi connectivity index (χ0v) is 13.7. The van der Waals surface area contributed by atoms with E-state index >= 15 is 0 Å². The predicted molar refractivity (Wildman–Crippen MR) is 79.9 cm³/mol. The van der Waals surface area contributed by atoms with Gasteiger partial charge in [-0.05, 0) is 26.0 Å². The molecule has 2 rings (SSSR count). The molecule has 25 heavy (non-hydrogen) atoms. The van der Waals surface area contributed by atoms with Gasteiger partial charge in [0, 0.05) is 0 Å². The van der Waals surface area contributed by atoms with Crippen LogP contribution in [0.5, 0.6) is 0 Å². The molecule has 1 N–H and O–H groups in total. The van der Waals surface area contributed by atoms with Gasteiger partial charge in [0.15, 0.2) is 23.3 Å². The lowest BCUT2D eigenvalue weighted by molar-refractivity contribution is 0.377. The van der Waals surface area contributed by atoms with Gasteiger partial charge in [0.2, 0.25) is 5.82 Å². The summed E-state index contributed by atoms with van der Waals surface area (Å²) in [5, 5.41) is 3.24. The van der Waals surface area contributed by atoms with Gasteiger partial charge in [-0.1, -0.05) is 17.7 Å². The lowest BCUT2D eigenvalue weighted by Crippen LogP contribution is -2.21. The van der Waals surface area contributed by atoms with Crippen LogP contribution in [0.3, 0.4) is 0 Å². The molecule has 134 valence electrons. The van der Waals surface area contributed by atoms with Gasteiger partial charge in [-0.25, -0.2) is 22.0 Å². The molecule has 0 aliphatic carbocycles. The van der Waals surface area contributed by atoms with Gasteiger partial charge in [0.25, 0.3) is 10.0 Å². The topological polar surface area (TPSA) is 58.5 Å². The van der Waals surface area contributed by atoms with Gasteiger partial charge in [-0.3, -0.25) is 0 Å². The number of hydrazone groups is 1. The summed E-state index contributed by atoms with van der Waals surface area (Å²) in [7, 11) is -4.18. The second-order valence-electron chi connectivity index (χ2n) is 5.05. The largest absolute Gasteiger partial charge is 0.276 e. The van der Waals surface area contributed by atoms with E-state index in [-0.39, 0.29) is 4.90 Å². The average molecular weight is 378 g/mol. The van der Waals surface area contributed by atoms with E-state index in [9.17, 15) is 30.4 Å². The Bertz CT molecular complexity index is 928. The molecular formula is C15H11F5N2O2S. The average Bonchev–Trinajstić information content (AvgIpc) is 2.57. The molecule has 0 bridgehead atoms. The van der Waals surface area contributed by atoms with Gasteiger partial charge in [0.05, 0.1) is 16.2 Å². The van der Waals surface area contributed by atoms with E-state index in [2.05, 4.69) is 5.10 Å². The molecule has 0 fully saturated rings. The zero-order valence-electron chi connectivity index (χ0n) is 12.9. The predicted octanol–water partition coefficient (Wildman–Crippen LogP) is 3.39. The van der Waals surface area contributed by atoms with Crippen molar-refractivity contribution in [1.82, 2.24) is 4.83 Å². The molecule has 0 saturated carbocycles. The van der Waals surface area contributed by atoms with Crippen molar-refractivity contribution in [3.05, 3.63) is 64.5 Å². The first-order chi connectivity index (χ1) is 11.6. The Morgan fingerprint density at radius 1 is 0.880 bits per heavy atom. The molecule has 0 unspecified atom stereocenters. The fourth-order valence-corrected chi connectivity index (χ4v) is 2.73. The summed E-state index contributed by atoms with van der Waals surface area (Å²) in [5.41, 5.74) is -1.26. The number of benzene rings is 2. The number of sulfonamides is 1. The summed E-state index contributed by atoms with van der Waals surface area (Å²) < 4.78 is 90.8. The van der Waals surface area contributed by atoms with E-state index in [0.717, 1.165) is 12.5 Å². The molecule has 0 atom stereocenters. The van der Waals surface area contributed by atoms with Crippen LogP contribution in [-0.4, -0.2) is 14.1 Å². The monoisotopic (exact) mass is 378 g/mol. The van der Waals surface area contributed by atoms with Crippen molar-refractivity contribution in [2.75, 3.05) is 0 Å². The van der Waals surface area contributed by atoms with Crippen LogP contribution >= 0.6 is 0 Å². The summed E-state index contributed by atoms with van der Waals surface area (Å²) in [6.45, 7) is 2.63. The maximum Gasteiger partial charge on any atom is 0.276 e. The third kappa shape index (κ3) is 3.63. The van der Waals surface area contributed by atoms with Gasteiger partial charge in [-0.2, -0.15) is 18.4 Å². The molecule has 0 spiro atoms. The minimum atomic E-state index is -4.18. The van der Waals surface area contributed by atoms with E-state index < -0.39 is 50.4 Å². The lowest BCUT2D eigenvalue weighted by Gasteiger charge is -2.09. The van der Waals surface area contributed by atoms with Crippen LogP contribution in [0, 0.1) is 36.0 Å². The first kappa shape index (κ1) is 18.8. The Hall–Kier alpha value is -2.49. The van der Waals surface area contributed by atoms with E-state index in [1.165, 1.54) is 24.3 Å². The van der Waals surface area contributed by atoms with E-state index in [4.69, 9.17) is 0 Å². The fraction of sp³-hybridized carbons (Fsp3) is 0.133. The highest BCUT2D eigenvalue weighted by Crippen LogP contribution is 2.23. The minimum Gasteiger partial charge on any atom is -0.203 e. The smallest absolute Gasteiger partial charge is 0.203 e. The molecular weight excluding hydrogens is 367 g/mol. The van der Waals surface area contributed by atoms with E-state index in [0.29, 0.717) is 0 Å². The summed E-state index contributed by atoms with van der Waals surface area (Å²) in [6, 6.07) is 5.55. The first-order valence-electron chi connectivity index (χ1n) is 6.71. The van der Waals surface area contributed by atoms with Gasteiger partial charge >= 0.3 is 0 Å². The normalized spacial score (nSPS) is 12.4. The standard InChI is InChI=1S/C15H11F5N2O2S/c1-7-3-5-9(6-4-7)25(23,24)22-21-8(2)10-11(16)13(18)15(20)14(19)12(10)17/h3-6,22H,1-2H3. The summed E-state index contributed by atoms with van der Waals surface area (Å²) in [6.07, 6.45) is 0. The minimum absolute atomic E-state index is 0.188. The molecule has 0 heterocycles. The fourth-order valence-electron chi connectivity index (χ4n) is 1.88. The van der Waals surface area contributed by atoms with Crippen molar-refractivity contribution in [2.45, 2.75) is 18.7 Å². The molecule has 0 amide bonds. The van der Waals surface area contributed by atoms with Crippen molar-refractivity contribution in [1.29, 1.82) is 0 Å². The van der Waals surface area contributed by atoms with Crippen molar-refractivity contribution in [2.24, 2.45) is 5.10 Å². The number of rotatable bonds is 4. The van der Waals surface area contributed by atoms with Gasteiger partial charge < -0.3 is 0 Å². The Labute approximate surface area is 140 Å². The van der Waals surface area contributed by atoms with Gasteiger partial charge in [-0.15, -0.1) is 0 Å². The van der Waals surface area contributed by atoms with Crippen LogP contribution in [0.1, 0.15) is 18.1 Å². The second-order valence-corrected chi connectivity index (χ2v) is 6.71.